The van der Waals surface area contributed by atoms with Crippen molar-refractivity contribution in [2.24, 2.45) is 0 Å². The second kappa shape index (κ2) is 5.31. The topological polar surface area (TPSA) is 50.1 Å². The summed E-state index contributed by atoms with van der Waals surface area (Å²) in [7, 11) is 0. The first-order valence-electron chi connectivity index (χ1n) is 7.06. The molecule has 4 nitrogen and oxygen atoms in total. The molecule has 0 bridgehead atoms. The van der Waals surface area contributed by atoms with Gasteiger partial charge in [-0.25, -0.2) is 4.98 Å². The molecule has 102 valence electrons. The first-order valence-corrected chi connectivity index (χ1v) is 7.06. The van der Waals surface area contributed by atoms with Crippen molar-refractivity contribution in [3.63, 3.8) is 0 Å². The molecule has 1 unspecified atom stereocenters. The summed E-state index contributed by atoms with van der Waals surface area (Å²) >= 11 is 0. The summed E-state index contributed by atoms with van der Waals surface area (Å²) in [5.74, 6) is 1.05. The predicted molar refractivity (Wildman–Crippen MR) is 76.1 cm³/mol. The minimum Gasteiger partial charge on any atom is -0.395 e. The van der Waals surface area contributed by atoms with Gasteiger partial charge in [-0.1, -0.05) is 12.1 Å². The monoisotopic (exact) mass is 259 g/mol. The van der Waals surface area contributed by atoms with Gasteiger partial charge in [0, 0.05) is 18.6 Å². The molecule has 1 atom stereocenters. The molecule has 1 aromatic heterocycles. The molecule has 4 heteroatoms. The molecule has 1 saturated carbocycles. The Balaban J connectivity index is 1.71. The third kappa shape index (κ3) is 2.80. The number of hydrogen-bond donors (Lipinski definition) is 2. The normalized spacial score (nSPS) is 16.9. The number of aliphatic hydroxyl groups excluding tert-OH is 1. The van der Waals surface area contributed by atoms with Crippen LogP contribution in [0.25, 0.3) is 11.0 Å². The van der Waals surface area contributed by atoms with Gasteiger partial charge in [0.1, 0.15) is 5.82 Å². The zero-order valence-corrected chi connectivity index (χ0v) is 11.3. The quantitative estimate of drug-likeness (QED) is 0.832. The summed E-state index contributed by atoms with van der Waals surface area (Å²) < 4.78 is 2.24. The maximum absolute atomic E-state index is 9.43. The van der Waals surface area contributed by atoms with E-state index in [1.54, 1.807) is 0 Å². The summed E-state index contributed by atoms with van der Waals surface area (Å²) in [6.07, 6.45) is 3.45. The minimum absolute atomic E-state index is 0.202. The SMILES string of the molecule is Cc1nc2ccccc2n1CCC(CO)NC1CC1. The molecular weight excluding hydrogens is 238 g/mol. The zero-order valence-electron chi connectivity index (χ0n) is 11.3. The zero-order chi connectivity index (χ0) is 13.2. The van der Waals surface area contributed by atoms with E-state index in [1.807, 2.05) is 25.1 Å². The number of rotatable bonds is 6. The molecule has 1 aliphatic carbocycles. The van der Waals surface area contributed by atoms with Gasteiger partial charge < -0.3 is 15.0 Å². The van der Waals surface area contributed by atoms with Gasteiger partial charge in [0.2, 0.25) is 0 Å². The van der Waals surface area contributed by atoms with E-state index in [2.05, 4.69) is 20.9 Å². The third-order valence-electron chi connectivity index (χ3n) is 3.82. The number of aryl methyl sites for hydroxylation is 2. The predicted octanol–water partition coefficient (Wildman–Crippen LogP) is 1.85. The van der Waals surface area contributed by atoms with Crippen LogP contribution in [0.1, 0.15) is 25.1 Å². The second-order valence-electron chi connectivity index (χ2n) is 5.41. The lowest BCUT2D eigenvalue weighted by atomic mass is 10.2. The van der Waals surface area contributed by atoms with Crippen LogP contribution in [0, 0.1) is 6.92 Å². The standard InChI is InChI=1S/C15H21N3O/c1-11-16-14-4-2-3-5-15(14)18(11)9-8-13(10-19)17-12-6-7-12/h2-5,12-13,17,19H,6-10H2,1H3. The van der Waals surface area contributed by atoms with E-state index >= 15 is 0 Å². The number of para-hydroxylation sites is 2. The highest BCUT2D eigenvalue weighted by Crippen LogP contribution is 2.21. The number of nitrogens with zero attached hydrogens (tertiary/aromatic N) is 2. The Morgan fingerprint density at radius 3 is 2.95 bits per heavy atom. The van der Waals surface area contributed by atoms with Gasteiger partial charge in [-0.15, -0.1) is 0 Å². The summed E-state index contributed by atoms with van der Waals surface area (Å²) in [5.41, 5.74) is 2.24. The van der Waals surface area contributed by atoms with Gasteiger partial charge in [-0.3, -0.25) is 0 Å². The van der Waals surface area contributed by atoms with Crippen LogP contribution >= 0.6 is 0 Å². The first-order chi connectivity index (χ1) is 9.28. The molecule has 1 fully saturated rings. The van der Waals surface area contributed by atoms with Crippen molar-refractivity contribution >= 4 is 11.0 Å². The second-order valence-corrected chi connectivity index (χ2v) is 5.41. The van der Waals surface area contributed by atoms with Crippen molar-refractivity contribution < 1.29 is 5.11 Å². The fourth-order valence-corrected chi connectivity index (χ4v) is 2.57. The summed E-state index contributed by atoms with van der Waals surface area (Å²) in [5, 5.41) is 12.9. The highest BCUT2D eigenvalue weighted by molar-refractivity contribution is 5.75. The van der Waals surface area contributed by atoms with Crippen LogP contribution in [0.15, 0.2) is 24.3 Å². The van der Waals surface area contributed by atoms with Crippen LogP contribution in [0.4, 0.5) is 0 Å². The maximum atomic E-state index is 9.43. The smallest absolute Gasteiger partial charge is 0.106 e. The van der Waals surface area contributed by atoms with Gasteiger partial charge >= 0.3 is 0 Å². The largest absolute Gasteiger partial charge is 0.395 e. The fourth-order valence-electron chi connectivity index (χ4n) is 2.57. The van der Waals surface area contributed by atoms with Gasteiger partial charge in [-0.05, 0) is 38.3 Å². The van der Waals surface area contributed by atoms with E-state index in [0.717, 1.165) is 24.3 Å². The lowest BCUT2D eigenvalue weighted by Gasteiger charge is -2.17. The van der Waals surface area contributed by atoms with Gasteiger partial charge in [-0.2, -0.15) is 0 Å². The van der Waals surface area contributed by atoms with Gasteiger partial charge in [0.15, 0.2) is 0 Å². The molecule has 19 heavy (non-hydrogen) atoms. The van der Waals surface area contributed by atoms with E-state index < -0.39 is 0 Å². The Kier molecular flexibility index (Phi) is 3.53. The molecule has 0 radical (unpaired) electrons. The number of aromatic nitrogens is 2. The molecule has 0 saturated heterocycles. The molecule has 1 aliphatic rings. The van der Waals surface area contributed by atoms with Crippen LogP contribution < -0.4 is 5.32 Å². The van der Waals surface area contributed by atoms with Gasteiger partial charge in [0.25, 0.3) is 0 Å². The van der Waals surface area contributed by atoms with Crippen molar-refractivity contribution in [3.05, 3.63) is 30.1 Å². The average Bonchev–Trinajstić information content (AvgIpc) is 3.17. The number of benzene rings is 1. The van der Waals surface area contributed by atoms with Crippen LogP contribution in [0.5, 0.6) is 0 Å². The number of hydrogen-bond acceptors (Lipinski definition) is 3. The van der Waals surface area contributed by atoms with Crippen molar-refractivity contribution in [2.45, 2.75) is 44.8 Å². The number of fused-ring (bicyclic) bond motifs is 1. The molecular formula is C15H21N3O. The number of aliphatic hydroxyl groups is 1. The molecule has 0 aliphatic heterocycles. The lowest BCUT2D eigenvalue weighted by Crippen LogP contribution is -2.35. The average molecular weight is 259 g/mol. The molecule has 2 N–H and O–H groups in total. The highest BCUT2D eigenvalue weighted by Gasteiger charge is 2.24. The molecule has 0 spiro atoms. The highest BCUT2D eigenvalue weighted by atomic mass is 16.3. The molecule has 3 rings (SSSR count). The Hall–Kier alpha value is -1.39. The van der Waals surface area contributed by atoms with Crippen LogP contribution in [0.2, 0.25) is 0 Å². The molecule has 0 amide bonds. The number of nitrogens with one attached hydrogen (secondary N) is 1. The Labute approximate surface area is 113 Å². The maximum Gasteiger partial charge on any atom is 0.106 e. The molecule has 1 heterocycles. The van der Waals surface area contributed by atoms with Crippen molar-refractivity contribution in [3.8, 4) is 0 Å². The van der Waals surface area contributed by atoms with E-state index in [0.29, 0.717) is 6.04 Å². The lowest BCUT2D eigenvalue weighted by molar-refractivity contribution is 0.230. The van der Waals surface area contributed by atoms with Crippen LogP contribution in [0.3, 0.4) is 0 Å². The van der Waals surface area contributed by atoms with E-state index in [1.165, 1.54) is 18.4 Å². The molecule has 1 aromatic carbocycles. The van der Waals surface area contributed by atoms with Crippen molar-refractivity contribution in [1.82, 2.24) is 14.9 Å². The summed E-state index contributed by atoms with van der Waals surface area (Å²) in [6, 6.07) is 9.06. The number of imidazole rings is 1. The van der Waals surface area contributed by atoms with Crippen LogP contribution in [-0.4, -0.2) is 33.3 Å². The Bertz CT molecular complexity index is 560. The Morgan fingerprint density at radius 1 is 1.42 bits per heavy atom. The van der Waals surface area contributed by atoms with Crippen LogP contribution in [-0.2, 0) is 6.54 Å². The molecule has 2 aromatic rings. The fraction of sp³-hybridized carbons (Fsp3) is 0.533. The van der Waals surface area contributed by atoms with E-state index in [9.17, 15) is 5.11 Å². The Morgan fingerprint density at radius 2 is 2.21 bits per heavy atom. The van der Waals surface area contributed by atoms with Crippen molar-refractivity contribution in [1.29, 1.82) is 0 Å². The van der Waals surface area contributed by atoms with Gasteiger partial charge in [0.05, 0.1) is 17.6 Å². The third-order valence-corrected chi connectivity index (χ3v) is 3.82. The summed E-state index contributed by atoms with van der Waals surface area (Å²) in [6.45, 7) is 3.15. The van der Waals surface area contributed by atoms with Crippen molar-refractivity contribution in [2.75, 3.05) is 6.61 Å². The van der Waals surface area contributed by atoms with E-state index in [4.69, 9.17) is 0 Å². The minimum atomic E-state index is 0.202. The summed E-state index contributed by atoms with van der Waals surface area (Å²) in [4.78, 5) is 4.57. The first kappa shape index (κ1) is 12.6. The van der Waals surface area contributed by atoms with E-state index in [-0.39, 0.29) is 12.6 Å².